The van der Waals surface area contributed by atoms with Gasteiger partial charge in [-0.2, -0.15) is 0 Å². The van der Waals surface area contributed by atoms with Crippen LogP contribution in [0.2, 0.25) is 0 Å². The van der Waals surface area contributed by atoms with Crippen molar-refractivity contribution in [2.45, 2.75) is 64.5 Å². The number of nitrogens with one attached hydrogen (secondary N) is 1. The molecule has 1 saturated carbocycles. The van der Waals surface area contributed by atoms with Gasteiger partial charge in [-0.3, -0.25) is 14.5 Å². The lowest BCUT2D eigenvalue weighted by atomic mass is 9.97. The van der Waals surface area contributed by atoms with Crippen molar-refractivity contribution in [1.29, 1.82) is 0 Å². The molecule has 1 saturated heterocycles. The maximum Gasteiger partial charge on any atom is 0.310 e. The summed E-state index contributed by atoms with van der Waals surface area (Å²) in [7, 11) is 0. The fraction of sp³-hybridized carbons (Fsp3) is 0.600. The van der Waals surface area contributed by atoms with Crippen molar-refractivity contribution in [2.75, 3.05) is 26.2 Å². The third-order valence-electron chi connectivity index (χ3n) is 7.42. The quantitative estimate of drug-likeness (QED) is 0.758. The highest BCUT2D eigenvalue weighted by atomic mass is 16.5. The zero-order valence-corrected chi connectivity index (χ0v) is 18.5. The van der Waals surface area contributed by atoms with Crippen molar-refractivity contribution in [3.63, 3.8) is 0 Å². The van der Waals surface area contributed by atoms with Crippen molar-refractivity contribution >= 4 is 22.8 Å². The van der Waals surface area contributed by atoms with Crippen molar-refractivity contribution in [2.24, 2.45) is 5.92 Å². The number of aromatic amines is 1. The minimum atomic E-state index is -0.207. The molecule has 166 valence electrons. The van der Waals surface area contributed by atoms with Gasteiger partial charge in [-0.15, -0.1) is 0 Å². The number of carbonyl (C=O) groups excluding carboxylic acids is 2. The molecular formula is C25H33N3O3. The smallest absolute Gasteiger partial charge is 0.310 e. The number of esters is 1. The Labute approximate surface area is 183 Å². The highest BCUT2D eigenvalue weighted by molar-refractivity contribution is 5.99. The normalized spacial score (nSPS) is 22.6. The molecule has 1 aromatic heterocycles. The van der Waals surface area contributed by atoms with E-state index in [-0.39, 0.29) is 17.8 Å². The Morgan fingerprint density at radius 1 is 1.13 bits per heavy atom. The first-order chi connectivity index (χ1) is 15.1. The molecule has 1 aliphatic carbocycles. The predicted molar refractivity (Wildman–Crippen MR) is 120 cm³/mol. The average Bonchev–Trinajstić information content (AvgIpc) is 3.46. The minimum absolute atomic E-state index is 0.0225. The van der Waals surface area contributed by atoms with Gasteiger partial charge in [0.15, 0.2) is 0 Å². The number of rotatable bonds is 4. The number of H-pyrrole nitrogens is 1. The van der Waals surface area contributed by atoms with Crippen LogP contribution in [-0.2, 0) is 22.5 Å². The van der Waals surface area contributed by atoms with Gasteiger partial charge >= 0.3 is 5.97 Å². The number of benzene rings is 1. The first-order valence-corrected chi connectivity index (χ1v) is 12.0. The number of fused-ring (bicyclic) bond motifs is 3. The van der Waals surface area contributed by atoms with Gasteiger partial charge < -0.3 is 14.6 Å². The molecule has 0 spiro atoms. The van der Waals surface area contributed by atoms with Crippen molar-refractivity contribution in [1.82, 2.24) is 14.8 Å². The summed E-state index contributed by atoms with van der Waals surface area (Å²) in [6, 6.07) is 6.76. The highest BCUT2D eigenvalue weighted by Gasteiger charge is 2.31. The maximum absolute atomic E-state index is 13.3. The highest BCUT2D eigenvalue weighted by Crippen LogP contribution is 2.33. The van der Waals surface area contributed by atoms with E-state index in [1.807, 2.05) is 24.0 Å². The van der Waals surface area contributed by atoms with Gasteiger partial charge in [0.1, 0.15) is 0 Å². The van der Waals surface area contributed by atoms with Gasteiger partial charge in [0.05, 0.1) is 12.5 Å². The first kappa shape index (κ1) is 20.6. The van der Waals surface area contributed by atoms with Gasteiger partial charge in [0.25, 0.3) is 5.91 Å². The minimum Gasteiger partial charge on any atom is -0.466 e. The summed E-state index contributed by atoms with van der Waals surface area (Å²) < 4.78 is 5.19. The standard InChI is InChI=1S/C25H33N3O3/c1-2-31-25(30)18-6-5-12-28(15-18)24(29)17-9-10-22-20(14-17)21-16-27(13-11-23(21)26-22)19-7-3-4-8-19/h9-10,14,18-19,26H,2-8,11-13,15-16H2,1H3/t18-/m0/s1. The molecule has 1 N–H and O–H groups in total. The summed E-state index contributed by atoms with van der Waals surface area (Å²) in [5.41, 5.74) is 4.54. The summed E-state index contributed by atoms with van der Waals surface area (Å²) in [5, 5.41) is 1.18. The number of nitrogens with zero attached hydrogens (tertiary/aromatic N) is 2. The molecule has 1 aromatic carbocycles. The number of hydrogen-bond acceptors (Lipinski definition) is 4. The Bertz CT molecular complexity index is 976. The third-order valence-corrected chi connectivity index (χ3v) is 7.42. The van der Waals surface area contributed by atoms with E-state index in [2.05, 4.69) is 16.0 Å². The summed E-state index contributed by atoms with van der Waals surface area (Å²) >= 11 is 0. The number of aromatic nitrogens is 1. The number of amides is 1. The molecule has 2 aromatic rings. The molecule has 2 aliphatic heterocycles. The largest absolute Gasteiger partial charge is 0.466 e. The Morgan fingerprint density at radius 3 is 2.77 bits per heavy atom. The Morgan fingerprint density at radius 2 is 1.97 bits per heavy atom. The van der Waals surface area contributed by atoms with Crippen LogP contribution in [0.15, 0.2) is 18.2 Å². The molecule has 3 aliphatic rings. The fourth-order valence-electron chi connectivity index (χ4n) is 5.75. The van der Waals surface area contributed by atoms with E-state index in [9.17, 15) is 9.59 Å². The third kappa shape index (κ3) is 3.98. The average molecular weight is 424 g/mol. The summed E-state index contributed by atoms with van der Waals surface area (Å²) in [5.74, 6) is -0.363. The topological polar surface area (TPSA) is 65.6 Å². The van der Waals surface area contributed by atoms with Crippen LogP contribution in [0.3, 0.4) is 0 Å². The summed E-state index contributed by atoms with van der Waals surface area (Å²) in [6.07, 6.45) is 8.02. The second kappa shape index (κ2) is 8.65. The van der Waals surface area contributed by atoms with Crippen molar-refractivity contribution < 1.29 is 14.3 Å². The molecule has 0 radical (unpaired) electrons. The molecule has 3 heterocycles. The van der Waals surface area contributed by atoms with Crippen LogP contribution in [0, 0.1) is 5.92 Å². The van der Waals surface area contributed by atoms with Gasteiger partial charge in [-0.1, -0.05) is 12.8 Å². The van der Waals surface area contributed by atoms with Gasteiger partial charge in [-0.25, -0.2) is 0 Å². The van der Waals surface area contributed by atoms with Crippen LogP contribution < -0.4 is 0 Å². The van der Waals surface area contributed by atoms with E-state index in [1.165, 1.54) is 42.3 Å². The molecule has 0 unspecified atom stereocenters. The maximum atomic E-state index is 13.3. The summed E-state index contributed by atoms with van der Waals surface area (Å²) in [4.78, 5) is 33.5. The Kier molecular flexibility index (Phi) is 5.74. The monoisotopic (exact) mass is 423 g/mol. The summed E-state index contributed by atoms with van der Waals surface area (Å²) in [6.45, 7) is 5.47. The van der Waals surface area contributed by atoms with Crippen molar-refractivity contribution in [3.05, 3.63) is 35.0 Å². The molecule has 1 amide bonds. The Hall–Kier alpha value is -2.34. The number of hydrogen-bond donors (Lipinski definition) is 1. The van der Waals surface area contributed by atoms with E-state index in [4.69, 9.17) is 4.74 Å². The molecule has 1 atom stereocenters. The molecule has 6 nitrogen and oxygen atoms in total. The second-order valence-electron chi connectivity index (χ2n) is 9.34. The van der Waals surface area contributed by atoms with Gasteiger partial charge in [-0.05, 0) is 56.4 Å². The van der Waals surface area contributed by atoms with Gasteiger partial charge in [0.2, 0.25) is 0 Å². The fourth-order valence-corrected chi connectivity index (χ4v) is 5.75. The van der Waals surface area contributed by atoms with E-state index < -0.39 is 0 Å². The number of ether oxygens (including phenoxy) is 1. The molecule has 0 bridgehead atoms. The van der Waals surface area contributed by atoms with Crippen LogP contribution >= 0.6 is 0 Å². The number of piperidine rings is 1. The molecule has 6 heteroatoms. The van der Waals surface area contributed by atoms with Crippen LogP contribution in [0.1, 0.15) is 67.1 Å². The second-order valence-corrected chi connectivity index (χ2v) is 9.34. The number of likely N-dealkylation sites (tertiary alicyclic amines) is 1. The molecule has 31 heavy (non-hydrogen) atoms. The lowest BCUT2D eigenvalue weighted by Gasteiger charge is -2.32. The molecule has 5 rings (SSSR count). The van der Waals surface area contributed by atoms with E-state index in [1.54, 1.807) is 0 Å². The van der Waals surface area contributed by atoms with E-state index in [0.29, 0.717) is 19.7 Å². The van der Waals surface area contributed by atoms with Crippen molar-refractivity contribution in [3.8, 4) is 0 Å². The van der Waals surface area contributed by atoms with E-state index in [0.717, 1.165) is 49.5 Å². The predicted octanol–water partition coefficient (Wildman–Crippen LogP) is 3.88. The first-order valence-electron chi connectivity index (χ1n) is 12.0. The zero-order valence-electron chi connectivity index (χ0n) is 18.5. The molecular weight excluding hydrogens is 390 g/mol. The molecule has 2 fully saturated rings. The SMILES string of the molecule is CCOC(=O)[C@H]1CCCN(C(=O)c2ccc3[nH]c4c(c3c2)CN(C2CCCC2)CC4)C1. The Balaban J connectivity index is 1.36. The van der Waals surface area contributed by atoms with Crippen LogP contribution in [0.25, 0.3) is 10.9 Å². The van der Waals surface area contributed by atoms with Gasteiger partial charge in [0, 0.05) is 60.8 Å². The number of carbonyl (C=O) groups is 2. The lowest BCUT2D eigenvalue weighted by Crippen LogP contribution is -2.42. The zero-order chi connectivity index (χ0) is 21.4. The van der Waals surface area contributed by atoms with Crippen LogP contribution in [0.4, 0.5) is 0 Å². The van der Waals surface area contributed by atoms with Crippen LogP contribution in [0.5, 0.6) is 0 Å². The lowest BCUT2D eigenvalue weighted by molar-refractivity contribution is -0.149. The van der Waals surface area contributed by atoms with Crippen LogP contribution in [-0.4, -0.2) is 58.9 Å². The van der Waals surface area contributed by atoms with E-state index >= 15 is 0 Å².